The molecule has 0 aromatic heterocycles. The molecule has 1 aromatic carbocycles. The molecule has 0 aliphatic carbocycles. The number of nitrogens with zero attached hydrogens (tertiary/aromatic N) is 1. The zero-order chi connectivity index (χ0) is 17.3. The maximum absolute atomic E-state index is 11.5. The largest absolute Gasteiger partial charge is 0.492 e. The van der Waals surface area contributed by atoms with Crippen LogP contribution in [0.2, 0.25) is 0 Å². The molecule has 0 saturated carbocycles. The Labute approximate surface area is 146 Å². The normalized spacial score (nSPS) is 18.0. The number of carbonyl (C=O) groups excluding carboxylic acids is 1. The van der Waals surface area contributed by atoms with Gasteiger partial charge in [0, 0.05) is 18.4 Å². The lowest BCUT2D eigenvalue weighted by molar-refractivity contribution is -0.115. The second kappa shape index (κ2) is 6.73. The number of methoxy groups -OCH3 is 2. The van der Waals surface area contributed by atoms with Gasteiger partial charge >= 0.3 is 0 Å². The van der Waals surface area contributed by atoms with Crippen LogP contribution in [0.25, 0.3) is 0 Å². The van der Waals surface area contributed by atoms with Gasteiger partial charge in [-0.25, -0.2) is 5.84 Å². The van der Waals surface area contributed by atoms with Crippen molar-refractivity contribution >= 4 is 27.5 Å². The highest BCUT2D eigenvalue weighted by Gasteiger charge is 2.34. The van der Waals surface area contributed by atoms with E-state index < -0.39 is 5.91 Å². The Morgan fingerprint density at radius 2 is 2.00 bits per heavy atom. The van der Waals surface area contributed by atoms with Crippen LogP contribution in [0.15, 0.2) is 9.63 Å². The number of nitrogens with two attached hydrogens (primary N) is 1. The summed E-state index contributed by atoms with van der Waals surface area (Å²) in [5.74, 6) is 6.64. The van der Waals surface area contributed by atoms with Gasteiger partial charge in [-0.1, -0.05) is 5.16 Å². The molecule has 0 saturated heterocycles. The Balaban J connectivity index is 1.90. The predicted octanol–water partition coefficient (Wildman–Crippen LogP) is 0.872. The van der Waals surface area contributed by atoms with Crippen molar-refractivity contribution in [2.75, 3.05) is 21.0 Å². The van der Waals surface area contributed by atoms with Crippen LogP contribution < -0.4 is 30.2 Å². The van der Waals surface area contributed by atoms with E-state index in [0.717, 1.165) is 5.56 Å². The minimum absolute atomic E-state index is 0.0851. The molecule has 3 N–H and O–H groups in total. The van der Waals surface area contributed by atoms with E-state index in [2.05, 4.69) is 21.1 Å². The fraction of sp³-hybridized carbons (Fsp3) is 0.429. The molecule has 130 valence electrons. The molecule has 10 heteroatoms. The summed E-state index contributed by atoms with van der Waals surface area (Å²) >= 11 is 3.52. The number of halogens is 1. The van der Waals surface area contributed by atoms with E-state index in [1.165, 1.54) is 7.11 Å². The fourth-order valence-electron chi connectivity index (χ4n) is 2.65. The van der Waals surface area contributed by atoms with E-state index in [0.29, 0.717) is 40.3 Å². The van der Waals surface area contributed by atoms with Crippen molar-refractivity contribution in [3.8, 4) is 23.0 Å². The van der Waals surface area contributed by atoms with Crippen molar-refractivity contribution in [2.45, 2.75) is 18.9 Å². The van der Waals surface area contributed by atoms with Crippen molar-refractivity contribution in [2.24, 2.45) is 11.0 Å². The topological polar surface area (TPSA) is 114 Å². The van der Waals surface area contributed by atoms with E-state index in [9.17, 15) is 4.79 Å². The molecule has 1 amide bonds. The van der Waals surface area contributed by atoms with E-state index in [4.69, 9.17) is 29.6 Å². The summed E-state index contributed by atoms with van der Waals surface area (Å²) in [6.07, 6.45) is 0.407. The van der Waals surface area contributed by atoms with Gasteiger partial charge in [0.1, 0.15) is 11.8 Å². The Morgan fingerprint density at radius 1 is 1.33 bits per heavy atom. The van der Waals surface area contributed by atoms with Crippen LogP contribution >= 0.6 is 15.9 Å². The van der Waals surface area contributed by atoms with Gasteiger partial charge in [-0.3, -0.25) is 10.2 Å². The second-order valence-corrected chi connectivity index (χ2v) is 5.86. The van der Waals surface area contributed by atoms with Gasteiger partial charge in [-0.15, -0.1) is 0 Å². The Hall–Kier alpha value is -2.20. The summed E-state index contributed by atoms with van der Waals surface area (Å²) in [4.78, 5) is 16.8. The lowest BCUT2D eigenvalue weighted by atomic mass is 10.0. The number of nitrogens with one attached hydrogen (secondary N) is 1. The van der Waals surface area contributed by atoms with Crippen LogP contribution in [0.5, 0.6) is 23.0 Å². The van der Waals surface area contributed by atoms with Crippen LogP contribution in [0.3, 0.4) is 0 Å². The van der Waals surface area contributed by atoms with Crippen molar-refractivity contribution in [1.29, 1.82) is 0 Å². The summed E-state index contributed by atoms with van der Waals surface area (Å²) in [7, 11) is 3.08. The van der Waals surface area contributed by atoms with E-state index in [-0.39, 0.29) is 18.6 Å². The van der Waals surface area contributed by atoms with Crippen LogP contribution in [0.1, 0.15) is 12.0 Å². The van der Waals surface area contributed by atoms with Gasteiger partial charge in [-0.05, 0) is 15.9 Å². The van der Waals surface area contributed by atoms with Crippen molar-refractivity contribution in [1.82, 2.24) is 5.43 Å². The molecule has 0 unspecified atom stereocenters. The third-order valence-electron chi connectivity index (χ3n) is 3.73. The van der Waals surface area contributed by atoms with E-state index in [1.54, 1.807) is 7.11 Å². The maximum atomic E-state index is 11.5. The smallest absolute Gasteiger partial charge is 0.283 e. The van der Waals surface area contributed by atoms with E-state index in [1.807, 2.05) is 5.43 Å². The number of ether oxygens (including phenoxy) is 4. The van der Waals surface area contributed by atoms with Crippen molar-refractivity contribution in [3.63, 3.8) is 0 Å². The molecule has 1 atom stereocenters. The van der Waals surface area contributed by atoms with Crippen LogP contribution in [0.4, 0.5) is 0 Å². The molecule has 0 radical (unpaired) electrons. The zero-order valence-electron chi connectivity index (χ0n) is 13.1. The Morgan fingerprint density at radius 3 is 2.62 bits per heavy atom. The van der Waals surface area contributed by atoms with Crippen molar-refractivity contribution < 1.29 is 28.6 Å². The number of carbonyl (C=O) groups is 1. The first-order valence-corrected chi connectivity index (χ1v) is 7.85. The minimum atomic E-state index is -0.466. The highest BCUT2D eigenvalue weighted by molar-refractivity contribution is 9.10. The second-order valence-electron chi connectivity index (χ2n) is 5.07. The molecular weight excluding hydrogens is 386 g/mol. The molecule has 24 heavy (non-hydrogen) atoms. The molecular formula is C14H16BrN3O6. The lowest BCUT2D eigenvalue weighted by Crippen LogP contribution is -2.36. The first-order valence-electron chi connectivity index (χ1n) is 7.06. The summed E-state index contributed by atoms with van der Waals surface area (Å²) in [6.45, 7) is 0.0851. The quantitative estimate of drug-likeness (QED) is 0.427. The van der Waals surface area contributed by atoms with Gasteiger partial charge in [-0.2, -0.15) is 0 Å². The third-order valence-corrected chi connectivity index (χ3v) is 4.57. The molecule has 2 aliphatic heterocycles. The van der Waals surface area contributed by atoms with E-state index >= 15 is 0 Å². The number of rotatable bonds is 5. The average molecular weight is 402 g/mol. The number of hydrogen-bond donors (Lipinski definition) is 2. The average Bonchev–Trinajstić information content (AvgIpc) is 3.24. The summed E-state index contributed by atoms with van der Waals surface area (Å²) in [5, 5.41) is 3.77. The third kappa shape index (κ3) is 2.71. The standard InChI is InChI=1S/C14H16BrN3O6/c1-20-10-7(3-6-4-8(18-24-6)14(19)17-16)9(15)11(21-2)13-12(10)22-5-23-13/h6H,3-5,16H2,1-2H3,(H,17,19)/t6-/m1/s1. The number of fused-ring (bicyclic) bond motifs is 1. The number of benzene rings is 1. The molecule has 0 spiro atoms. The maximum Gasteiger partial charge on any atom is 0.283 e. The van der Waals surface area contributed by atoms with Crippen LogP contribution in [-0.4, -0.2) is 38.7 Å². The molecule has 9 nitrogen and oxygen atoms in total. The Bertz CT molecular complexity index is 708. The molecule has 3 rings (SSSR count). The number of amides is 1. The molecule has 0 bridgehead atoms. The lowest BCUT2D eigenvalue weighted by Gasteiger charge is -2.18. The predicted molar refractivity (Wildman–Crippen MR) is 86.3 cm³/mol. The van der Waals surface area contributed by atoms with Crippen LogP contribution in [-0.2, 0) is 16.1 Å². The van der Waals surface area contributed by atoms with Crippen molar-refractivity contribution in [3.05, 3.63) is 10.0 Å². The first-order chi connectivity index (χ1) is 11.6. The van der Waals surface area contributed by atoms with Gasteiger partial charge in [0.2, 0.25) is 18.3 Å². The number of hydrogen-bond acceptors (Lipinski definition) is 8. The summed E-state index contributed by atoms with van der Waals surface area (Å²) in [5.41, 5.74) is 3.05. The monoisotopic (exact) mass is 401 g/mol. The molecule has 2 heterocycles. The van der Waals surface area contributed by atoms with Gasteiger partial charge < -0.3 is 23.8 Å². The van der Waals surface area contributed by atoms with Crippen LogP contribution in [0, 0.1) is 0 Å². The first kappa shape index (κ1) is 16.7. The SMILES string of the molecule is COc1c(Br)c(C[C@@H]2CC(C(=O)NN)=NO2)c(OC)c2c1OCO2. The number of oxime groups is 1. The Kier molecular flexibility index (Phi) is 4.67. The highest BCUT2D eigenvalue weighted by Crippen LogP contribution is 2.54. The van der Waals surface area contributed by atoms with Gasteiger partial charge in [0.25, 0.3) is 5.91 Å². The number of hydrazine groups is 1. The zero-order valence-corrected chi connectivity index (χ0v) is 14.6. The molecule has 0 fully saturated rings. The highest BCUT2D eigenvalue weighted by atomic mass is 79.9. The minimum Gasteiger partial charge on any atom is -0.492 e. The van der Waals surface area contributed by atoms with Gasteiger partial charge in [0.15, 0.2) is 11.5 Å². The summed E-state index contributed by atoms with van der Waals surface area (Å²) in [6, 6.07) is 0. The molecule has 1 aromatic rings. The molecule has 2 aliphatic rings. The fourth-order valence-corrected chi connectivity index (χ4v) is 3.34. The van der Waals surface area contributed by atoms with Gasteiger partial charge in [0.05, 0.1) is 18.7 Å². The summed E-state index contributed by atoms with van der Waals surface area (Å²) < 4.78 is 22.5.